The molecule has 0 unspecified atom stereocenters. The molecule has 2 aromatic rings. The van der Waals surface area contributed by atoms with Crippen LogP contribution in [0.5, 0.6) is 0 Å². The maximum absolute atomic E-state index is 12.5. The van der Waals surface area contributed by atoms with E-state index in [0.29, 0.717) is 0 Å². The highest BCUT2D eigenvalue weighted by Gasteiger charge is 2.22. The summed E-state index contributed by atoms with van der Waals surface area (Å²) in [5.74, 6) is -0.247. The van der Waals surface area contributed by atoms with Crippen LogP contribution in [0.2, 0.25) is 0 Å². The Hall–Kier alpha value is -2.86. The molecule has 3 N–H and O–H groups in total. The van der Waals surface area contributed by atoms with Gasteiger partial charge in [-0.1, -0.05) is 31.4 Å². The summed E-state index contributed by atoms with van der Waals surface area (Å²) >= 11 is 0. The molecule has 1 aliphatic carbocycles. The summed E-state index contributed by atoms with van der Waals surface area (Å²) in [4.78, 5) is 23.5. The highest BCUT2D eigenvalue weighted by molar-refractivity contribution is 5.90. The highest BCUT2D eigenvalue weighted by Crippen LogP contribution is 2.26. The Morgan fingerprint density at radius 3 is 2.46 bits per heavy atom. The number of hydroxylamine groups is 1. The van der Waals surface area contributed by atoms with Gasteiger partial charge in [0.15, 0.2) is 0 Å². The second kappa shape index (κ2) is 8.49. The monoisotopic (exact) mass is 353 g/mol. The molecule has 136 valence electrons. The Labute approximate surface area is 152 Å². The molecule has 6 heteroatoms. The van der Waals surface area contributed by atoms with Crippen LogP contribution in [0.3, 0.4) is 0 Å². The number of hydrogen-bond acceptors (Lipinski definition) is 4. The lowest BCUT2D eigenvalue weighted by Gasteiger charge is -2.20. The van der Waals surface area contributed by atoms with Crippen molar-refractivity contribution in [1.82, 2.24) is 10.0 Å². The lowest BCUT2D eigenvalue weighted by molar-refractivity contribution is -0.124. The van der Waals surface area contributed by atoms with E-state index in [1.165, 1.54) is 12.5 Å². The van der Waals surface area contributed by atoms with Gasteiger partial charge in [-0.3, -0.25) is 19.4 Å². The molecule has 1 fully saturated rings. The number of amides is 1. The topological polar surface area (TPSA) is 83.4 Å². The SMILES string of the molecule is O=C(C=Cc1ccc(Nc2ccn(C(=O)C3CCCCC3)c2)cc1)NO. The lowest BCUT2D eigenvalue weighted by atomic mass is 9.88. The van der Waals surface area contributed by atoms with E-state index in [1.54, 1.807) is 16.1 Å². The zero-order chi connectivity index (χ0) is 18.4. The number of carbonyl (C=O) groups excluding carboxylic acids is 2. The second-order valence-corrected chi connectivity index (χ2v) is 6.54. The van der Waals surface area contributed by atoms with Crippen molar-refractivity contribution >= 4 is 29.3 Å². The van der Waals surface area contributed by atoms with Crippen molar-refractivity contribution in [2.24, 2.45) is 5.92 Å². The van der Waals surface area contributed by atoms with Crippen molar-refractivity contribution in [3.8, 4) is 0 Å². The van der Waals surface area contributed by atoms with Crippen LogP contribution in [-0.2, 0) is 4.79 Å². The zero-order valence-corrected chi connectivity index (χ0v) is 14.5. The van der Waals surface area contributed by atoms with Crippen LogP contribution in [0.1, 0.15) is 42.5 Å². The minimum atomic E-state index is -0.573. The van der Waals surface area contributed by atoms with Gasteiger partial charge in [-0.15, -0.1) is 0 Å². The molecule has 1 amide bonds. The average Bonchev–Trinajstić information content (AvgIpc) is 3.15. The van der Waals surface area contributed by atoms with Crippen LogP contribution in [0.25, 0.3) is 6.08 Å². The molecule has 6 nitrogen and oxygen atoms in total. The van der Waals surface area contributed by atoms with Crippen molar-refractivity contribution < 1.29 is 14.8 Å². The first kappa shape index (κ1) is 17.9. The minimum Gasteiger partial charge on any atom is -0.354 e. The van der Waals surface area contributed by atoms with Gasteiger partial charge in [0.05, 0.1) is 5.69 Å². The molecule has 0 bridgehead atoms. The van der Waals surface area contributed by atoms with Gasteiger partial charge in [0, 0.05) is 30.1 Å². The highest BCUT2D eigenvalue weighted by atomic mass is 16.5. The van der Waals surface area contributed by atoms with Crippen molar-refractivity contribution in [3.05, 3.63) is 54.4 Å². The van der Waals surface area contributed by atoms with Crippen molar-refractivity contribution in [2.45, 2.75) is 32.1 Å². The normalized spacial score (nSPS) is 15.1. The lowest BCUT2D eigenvalue weighted by Crippen LogP contribution is -2.22. The summed E-state index contributed by atoms with van der Waals surface area (Å²) in [6.45, 7) is 0. The van der Waals surface area contributed by atoms with Gasteiger partial charge in [0.1, 0.15) is 0 Å². The van der Waals surface area contributed by atoms with Gasteiger partial charge < -0.3 is 5.32 Å². The molecular formula is C20H23N3O3. The fourth-order valence-electron chi connectivity index (χ4n) is 3.22. The third-order valence-corrected chi connectivity index (χ3v) is 4.64. The summed E-state index contributed by atoms with van der Waals surface area (Å²) in [6.07, 6.45) is 12.0. The molecule has 0 atom stereocenters. The average molecular weight is 353 g/mol. The predicted octanol–water partition coefficient (Wildman–Crippen LogP) is 3.97. The number of carbonyl (C=O) groups is 2. The molecule has 1 heterocycles. The van der Waals surface area contributed by atoms with Gasteiger partial charge in [0.2, 0.25) is 5.91 Å². The van der Waals surface area contributed by atoms with E-state index in [0.717, 1.165) is 42.6 Å². The molecule has 0 saturated heterocycles. The largest absolute Gasteiger partial charge is 0.354 e. The third kappa shape index (κ3) is 4.61. The Balaban J connectivity index is 1.61. The molecule has 1 aromatic heterocycles. The summed E-state index contributed by atoms with van der Waals surface area (Å²) in [7, 11) is 0. The van der Waals surface area contributed by atoms with Crippen molar-refractivity contribution in [1.29, 1.82) is 0 Å². The maximum atomic E-state index is 12.5. The third-order valence-electron chi connectivity index (χ3n) is 4.64. The summed E-state index contributed by atoms with van der Waals surface area (Å²) < 4.78 is 1.68. The zero-order valence-electron chi connectivity index (χ0n) is 14.5. The van der Waals surface area contributed by atoms with E-state index < -0.39 is 5.91 Å². The van der Waals surface area contributed by atoms with E-state index in [1.807, 2.05) is 42.7 Å². The molecule has 3 rings (SSSR count). The first-order valence-corrected chi connectivity index (χ1v) is 8.87. The predicted molar refractivity (Wildman–Crippen MR) is 100 cm³/mol. The first-order valence-electron chi connectivity index (χ1n) is 8.87. The number of rotatable bonds is 5. The fraction of sp³-hybridized carbons (Fsp3) is 0.300. The van der Waals surface area contributed by atoms with Crippen LogP contribution in [0.15, 0.2) is 48.8 Å². The molecule has 0 radical (unpaired) electrons. The quantitative estimate of drug-likeness (QED) is 0.431. The van der Waals surface area contributed by atoms with Gasteiger partial charge in [-0.2, -0.15) is 0 Å². The second-order valence-electron chi connectivity index (χ2n) is 6.54. The first-order chi connectivity index (χ1) is 12.7. The maximum Gasteiger partial charge on any atom is 0.267 e. The Kier molecular flexibility index (Phi) is 5.86. The molecule has 0 aliphatic heterocycles. The summed E-state index contributed by atoms with van der Waals surface area (Å²) in [5, 5.41) is 11.7. The van der Waals surface area contributed by atoms with Crippen molar-refractivity contribution in [2.75, 3.05) is 5.32 Å². The van der Waals surface area contributed by atoms with Crippen LogP contribution in [-0.4, -0.2) is 21.6 Å². The van der Waals surface area contributed by atoms with E-state index in [9.17, 15) is 9.59 Å². The van der Waals surface area contributed by atoms with E-state index in [4.69, 9.17) is 5.21 Å². The van der Waals surface area contributed by atoms with Gasteiger partial charge >= 0.3 is 0 Å². The molecule has 0 spiro atoms. The van der Waals surface area contributed by atoms with Crippen LogP contribution < -0.4 is 10.8 Å². The van der Waals surface area contributed by atoms with E-state index in [2.05, 4.69) is 5.32 Å². The molecule has 1 aromatic carbocycles. The summed E-state index contributed by atoms with van der Waals surface area (Å²) in [6, 6.07) is 9.37. The number of benzene rings is 1. The minimum absolute atomic E-state index is 0.145. The number of anilines is 2. The van der Waals surface area contributed by atoms with Gasteiger partial charge in [-0.25, -0.2) is 5.48 Å². The van der Waals surface area contributed by atoms with Crippen LogP contribution >= 0.6 is 0 Å². The van der Waals surface area contributed by atoms with Gasteiger partial charge in [-0.05, 0) is 42.7 Å². The van der Waals surface area contributed by atoms with Crippen LogP contribution in [0.4, 0.5) is 11.4 Å². The van der Waals surface area contributed by atoms with Crippen molar-refractivity contribution in [3.63, 3.8) is 0 Å². The molecule has 1 saturated carbocycles. The standard InChI is InChI=1S/C20H23N3O3/c24-19(22-26)11-8-15-6-9-17(10-7-15)21-18-12-13-23(14-18)20(25)16-4-2-1-3-5-16/h6-14,16,21,26H,1-5H2,(H,22,24). The van der Waals surface area contributed by atoms with E-state index >= 15 is 0 Å². The smallest absolute Gasteiger partial charge is 0.267 e. The number of nitrogens with one attached hydrogen (secondary N) is 2. The molecule has 1 aliphatic rings. The Morgan fingerprint density at radius 1 is 1.04 bits per heavy atom. The Morgan fingerprint density at radius 2 is 1.77 bits per heavy atom. The van der Waals surface area contributed by atoms with Crippen LogP contribution in [0, 0.1) is 5.92 Å². The molecule has 26 heavy (non-hydrogen) atoms. The van der Waals surface area contributed by atoms with Gasteiger partial charge in [0.25, 0.3) is 5.91 Å². The number of aromatic nitrogens is 1. The molecular weight excluding hydrogens is 330 g/mol. The Bertz CT molecular complexity index is 787. The summed E-state index contributed by atoms with van der Waals surface area (Å²) in [5.41, 5.74) is 4.13. The number of nitrogens with zero attached hydrogens (tertiary/aromatic N) is 1. The number of hydrogen-bond donors (Lipinski definition) is 3. The van der Waals surface area contributed by atoms with E-state index in [-0.39, 0.29) is 11.8 Å². The fourth-order valence-corrected chi connectivity index (χ4v) is 3.22.